The van der Waals surface area contributed by atoms with Crippen LogP contribution in [0.1, 0.15) is 33.3 Å². The summed E-state index contributed by atoms with van der Waals surface area (Å²) in [5, 5.41) is 3.86. The van der Waals surface area contributed by atoms with Gasteiger partial charge >= 0.3 is 0 Å². The number of anilines is 1. The van der Waals surface area contributed by atoms with Crippen molar-refractivity contribution in [2.45, 2.75) is 39.8 Å². The smallest absolute Gasteiger partial charge is 0.248 e. The van der Waals surface area contributed by atoms with Gasteiger partial charge in [0.25, 0.3) is 0 Å². The number of halogens is 2. The van der Waals surface area contributed by atoms with Crippen LogP contribution in [-0.4, -0.2) is 43.2 Å². The molecule has 0 aromatic heterocycles. The monoisotopic (exact) mass is 464 g/mol. The molecule has 0 saturated carbocycles. The highest BCUT2D eigenvalue weighted by Gasteiger charge is 2.14. The Bertz CT molecular complexity index is 885. The minimum atomic E-state index is -0.280. The van der Waals surface area contributed by atoms with Crippen molar-refractivity contribution in [1.29, 1.82) is 0 Å². The third-order valence-electron chi connectivity index (χ3n) is 4.68. The number of ether oxygens (including phenoxy) is 2. The van der Waals surface area contributed by atoms with Crippen molar-refractivity contribution >= 4 is 40.9 Å². The molecule has 5 nitrogen and oxygen atoms in total. The van der Waals surface area contributed by atoms with E-state index < -0.39 is 0 Å². The Balaban J connectivity index is 2.03. The predicted octanol–water partition coefficient (Wildman–Crippen LogP) is 6.15. The van der Waals surface area contributed by atoms with Gasteiger partial charge in [-0.3, -0.25) is 9.69 Å². The van der Waals surface area contributed by atoms with Crippen molar-refractivity contribution in [2.75, 3.05) is 25.6 Å². The Hall–Kier alpha value is -2.21. The molecule has 0 aliphatic rings. The van der Waals surface area contributed by atoms with Crippen LogP contribution < -0.4 is 14.8 Å². The van der Waals surface area contributed by atoms with Crippen LogP contribution in [0.4, 0.5) is 5.69 Å². The molecule has 168 valence electrons. The average Bonchev–Trinajstić information content (AvgIpc) is 2.68. The number of nitrogens with zero attached hydrogens (tertiary/aromatic N) is 1. The number of hydrogen-bond donors (Lipinski definition) is 1. The second kappa shape index (κ2) is 12.0. The fraction of sp³-hybridized carbons (Fsp3) is 0.375. The SMILES string of the molecule is COc1ccc(NC(=O)/C=C/c2cc(Cl)cc(Cl)c2)cc1OCCN(C(C)C)C(C)C. The minimum absolute atomic E-state index is 0.280. The highest BCUT2D eigenvalue weighted by Crippen LogP contribution is 2.30. The van der Waals surface area contributed by atoms with Crippen LogP contribution >= 0.6 is 23.2 Å². The van der Waals surface area contributed by atoms with E-state index in [1.807, 2.05) is 0 Å². The van der Waals surface area contributed by atoms with Crippen molar-refractivity contribution in [3.05, 3.63) is 58.1 Å². The maximum atomic E-state index is 12.3. The van der Waals surface area contributed by atoms with Crippen LogP contribution in [0.3, 0.4) is 0 Å². The molecule has 0 spiro atoms. The van der Waals surface area contributed by atoms with Gasteiger partial charge in [-0.15, -0.1) is 0 Å². The second-order valence-electron chi connectivity index (χ2n) is 7.66. The number of nitrogens with one attached hydrogen (secondary N) is 1. The summed E-state index contributed by atoms with van der Waals surface area (Å²) in [5.41, 5.74) is 1.35. The highest BCUT2D eigenvalue weighted by molar-refractivity contribution is 6.34. The van der Waals surface area contributed by atoms with Crippen molar-refractivity contribution in [3.8, 4) is 11.5 Å². The maximum Gasteiger partial charge on any atom is 0.248 e. The molecule has 0 aliphatic carbocycles. The molecule has 7 heteroatoms. The first-order valence-electron chi connectivity index (χ1n) is 10.2. The summed E-state index contributed by atoms with van der Waals surface area (Å²) in [6.07, 6.45) is 3.08. The molecule has 0 unspecified atom stereocenters. The molecule has 0 fully saturated rings. The molecule has 0 bridgehead atoms. The molecule has 2 aromatic carbocycles. The van der Waals surface area contributed by atoms with E-state index in [9.17, 15) is 4.79 Å². The second-order valence-corrected chi connectivity index (χ2v) is 8.54. The normalized spacial score (nSPS) is 11.5. The summed E-state index contributed by atoms with van der Waals surface area (Å²) < 4.78 is 11.4. The first-order chi connectivity index (χ1) is 14.7. The van der Waals surface area contributed by atoms with E-state index in [-0.39, 0.29) is 5.91 Å². The minimum Gasteiger partial charge on any atom is -0.493 e. The van der Waals surface area contributed by atoms with Gasteiger partial charge in [0.15, 0.2) is 11.5 Å². The molecular weight excluding hydrogens is 435 g/mol. The zero-order valence-corrected chi connectivity index (χ0v) is 20.1. The Morgan fingerprint density at radius 2 is 1.68 bits per heavy atom. The van der Waals surface area contributed by atoms with Gasteiger partial charge in [0.2, 0.25) is 5.91 Å². The van der Waals surface area contributed by atoms with Gasteiger partial charge < -0.3 is 14.8 Å². The van der Waals surface area contributed by atoms with E-state index in [1.165, 1.54) is 6.08 Å². The number of benzene rings is 2. The topological polar surface area (TPSA) is 50.8 Å². The third-order valence-corrected chi connectivity index (χ3v) is 5.11. The van der Waals surface area contributed by atoms with Gasteiger partial charge in [-0.25, -0.2) is 0 Å². The van der Waals surface area contributed by atoms with E-state index >= 15 is 0 Å². The first kappa shape index (κ1) is 25.1. The molecule has 2 rings (SSSR count). The molecule has 0 radical (unpaired) electrons. The van der Waals surface area contributed by atoms with Gasteiger partial charge in [0.05, 0.1) is 7.11 Å². The van der Waals surface area contributed by atoms with Crippen molar-refractivity contribution < 1.29 is 14.3 Å². The highest BCUT2D eigenvalue weighted by atomic mass is 35.5. The molecular formula is C24H30Cl2N2O3. The van der Waals surface area contributed by atoms with E-state index in [4.69, 9.17) is 32.7 Å². The van der Waals surface area contributed by atoms with Crippen LogP contribution in [0.25, 0.3) is 6.08 Å². The van der Waals surface area contributed by atoms with Gasteiger partial charge in [0.1, 0.15) is 6.61 Å². The fourth-order valence-electron chi connectivity index (χ4n) is 3.27. The van der Waals surface area contributed by atoms with Gasteiger partial charge in [-0.2, -0.15) is 0 Å². The summed E-state index contributed by atoms with van der Waals surface area (Å²) in [4.78, 5) is 14.7. The van der Waals surface area contributed by atoms with Crippen LogP contribution in [-0.2, 0) is 4.79 Å². The molecule has 0 atom stereocenters. The number of rotatable bonds is 10. The lowest BCUT2D eigenvalue weighted by Crippen LogP contribution is -2.39. The van der Waals surface area contributed by atoms with Gasteiger partial charge in [-0.05, 0) is 69.7 Å². The first-order valence-corrected chi connectivity index (χ1v) is 11.0. The van der Waals surface area contributed by atoms with Crippen molar-refractivity contribution in [3.63, 3.8) is 0 Å². The molecule has 0 saturated heterocycles. The average molecular weight is 465 g/mol. The number of hydrogen-bond acceptors (Lipinski definition) is 4. The Morgan fingerprint density at radius 3 is 2.26 bits per heavy atom. The summed E-state index contributed by atoms with van der Waals surface area (Å²) in [6.45, 7) is 9.98. The third kappa shape index (κ3) is 8.09. The fourth-order valence-corrected chi connectivity index (χ4v) is 3.81. The van der Waals surface area contributed by atoms with Crippen molar-refractivity contribution in [2.24, 2.45) is 0 Å². The molecule has 2 aromatic rings. The van der Waals surface area contributed by atoms with Gasteiger partial charge in [-0.1, -0.05) is 23.2 Å². The summed E-state index contributed by atoms with van der Waals surface area (Å²) in [6, 6.07) is 11.3. The predicted molar refractivity (Wildman–Crippen MR) is 130 cm³/mol. The molecule has 1 N–H and O–H groups in total. The largest absolute Gasteiger partial charge is 0.493 e. The maximum absolute atomic E-state index is 12.3. The Kier molecular flexibility index (Phi) is 9.69. The van der Waals surface area contributed by atoms with E-state index in [0.29, 0.717) is 45.9 Å². The van der Waals surface area contributed by atoms with E-state index in [0.717, 1.165) is 12.1 Å². The Morgan fingerprint density at radius 1 is 1.03 bits per heavy atom. The molecule has 1 amide bonds. The standard InChI is InChI=1S/C24H30Cl2N2O3/c1-16(2)28(17(3)4)10-11-31-23-15-21(7-8-22(23)30-5)27-24(29)9-6-18-12-19(25)14-20(26)13-18/h6-9,12-17H,10-11H2,1-5H3,(H,27,29)/b9-6+. The van der Waals surface area contributed by atoms with E-state index in [1.54, 1.807) is 49.6 Å². The van der Waals surface area contributed by atoms with E-state index in [2.05, 4.69) is 37.9 Å². The summed E-state index contributed by atoms with van der Waals surface area (Å²) >= 11 is 12.0. The summed E-state index contributed by atoms with van der Waals surface area (Å²) in [5.74, 6) is 0.916. The van der Waals surface area contributed by atoms with Crippen molar-refractivity contribution in [1.82, 2.24) is 4.90 Å². The van der Waals surface area contributed by atoms with Crippen LogP contribution in [0, 0.1) is 0 Å². The summed E-state index contributed by atoms with van der Waals surface area (Å²) in [7, 11) is 1.59. The number of carbonyl (C=O) groups excluding carboxylic acids is 1. The van der Waals surface area contributed by atoms with Gasteiger partial charge in [0, 0.05) is 46.5 Å². The lowest BCUT2D eigenvalue weighted by Gasteiger charge is -2.30. The van der Waals surface area contributed by atoms with Crippen LogP contribution in [0.5, 0.6) is 11.5 Å². The molecule has 0 heterocycles. The molecule has 0 aliphatic heterocycles. The quantitative estimate of drug-likeness (QED) is 0.428. The number of methoxy groups -OCH3 is 1. The van der Waals surface area contributed by atoms with Crippen LogP contribution in [0.2, 0.25) is 10.0 Å². The molecule has 31 heavy (non-hydrogen) atoms. The number of carbonyl (C=O) groups is 1. The Labute approximate surface area is 194 Å². The zero-order valence-electron chi connectivity index (χ0n) is 18.6. The van der Waals surface area contributed by atoms with Crippen LogP contribution in [0.15, 0.2) is 42.5 Å². The zero-order chi connectivity index (χ0) is 23.0. The lowest BCUT2D eigenvalue weighted by atomic mass is 10.2. The number of amides is 1. The lowest BCUT2D eigenvalue weighted by molar-refractivity contribution is -0.111.